The fraction of sp³-hybridized carbons (Fsp3) is 0.150. The van der Waals surface area contributed by atoms with E-state index in [9.17, 15) is 13.2 Å². The van der Waals surface area contributed by atoms with Gasteiger partial charge in [0.05, 0.1) is 16.8 Å². The molecule has 2 N–H and O–H groups in total. The van der Waals surface area contributed by atoms with Gasteiger partial charge in [-0.25, -0.2) is 9.66 Å². The van der Waals surface area contributed by atoms with Crippen molar-refractivity contribution in [1.29, 1.82) is 0 Å². The molecule has 0 radical (unpaired) electrons. The van der Waals surface area contributed by atoms with Gasteiger partial charge in [0.15, 0.2) is 5.84 Å². The molecule has 0 aliphatic carbocycles. The first-order chi connectivity index (χ1) is 14.5. The number of H-pyrrole nitrogens is 1. The zero-order chi connectivity index (χ0) is 20.7. The highest BCUT2D eigenvalue weighted by molar-refractivity contribution is 6.12. The monoisotopic (exact) mass is 410 g/mol. The molecule has 0 amide bonds. The van der Waals surface area contributed by atoms with Crippen molar-refractivity contribution in [3.63, 3.8) is 0 Å². The Hall–Kier alpha value is -3.91. The summed E-state index contributed by atoms with van der Waals surface area (Å²) < 4.78 is 44.4. The van der Waals surface area contributed by atoms with Crippen LogP contribution in [0.3, 0.4) is 0 Å². The van der Waals surface area contributed by atoms with Gasteiger partial charge in [-0.1, -0.05) is 36.4 Å². The second-order valence-corrected chi connectivity index (χ2v) is 6.84. The Morgan fingerprint density at radius 3 is 2.57 bits per heavy atom. The SMILES string of the molecule is FC(F)(F)c1ccccc1C1=NNC(N2C=[N+]=C2)C(Cc2[nH]nc3ccccc23)=N1. The lowest BCUT2D eigenvalue weighted by molar-refractivity contribution is -0.137. The maximum Gasteiger partial charge on any atom is 0.417 e. The first-order valence-electron chi connectivity index (χ1n) is 9.14. The zero-order valence-electron chi connectivity index (χ0n) is 15.4. The van der Waals surface area contributed by atoms with Crippen LogP contribution in [-0.4, -0.2) is 45.5 Å². The van der Waals surface area contributed by atoms with E-state index in [0.717, 1.165) is 22.7 Å². The molecular formula is C20H15F3N7+. The summed E-state index contributed by atoms with van der Waals surface area (Å²) in [5, 5.41) is 12.4. The van der Waals surface area contributed by atoms with Gasteiger partial charge in [0.2, 0.25) is 6.17 Å². The number of alkyl halides is 3. The minimum absolute atomic E-state index is 0.0181. The molecule has 2 aliphatic heterocycles. The van der Waals surface area contributed by atoms with Crippen molar-refractivity contribution in [1.82, 2.24) is 25.2 Å². The zero-order valence-corrected chi connectivity index (χ0v) is 15.4. The quantitative estimate of drug-likeness (QED) is 0.648. The van der Waals surface area contributed by atoms with Crippen LogP contribution in [-0.2, 0) is 12.6 Å². The normalized spacial score (nSPS) is 18.1. The van der Waals surface area contributed by atoms with Gasteiger partial charge in [0.1, 0.15) is 0 Å². The summed E-state index contributed by atoms with van der Waals surface area (Å²) in [5.41, 5.74) is 4.27. The van der Waals surface area contributed by atoms with Gasteiger partial charge in [-0.2, -0.15) is 28.3 Å². The van der Waals surface area contributed by atoms with Crippen LogP contribution < -0.4 is 10.1 Å². The van der Waals surface area contributed by atoms with E-state index >= 15 is 0 Å². The number of para-hydroxylation sites is 1. The number of fused-ring (bicyclic) bond motifs is 1. The summed E-state index contributed by atoms with van der Waals surface area (Å²) in [6.07, 6.45) is -1.41. The highest BCUT2D eigenvalue weighted by Crippen LogP contribution is 2.32. The second kappa shape index (κ2) is 6.85. The number of amidine groups is 1. The molecule has 150 valence electrons. The van der Waals surface area contributed by atoms with E-state index in [-0.39, 0.29) is 11.4 Å². The maximum absolute atomic E-state index is 13.5. The largest absolute Gasteiger partial charge is 0.417 e. The molecule has 10 heteroatoms. The molecule has 30 heavy (non-hydrogen) atoms. The number of aromatic nitrogens is 2. The van der Waals surface area contributed by atoms with Crippen molar-refractivity contribution in [3.05, 3.63) is 65.4 Å². The Morgan fingerprint density at radius 1 is 1.03 bits per heavy atom. The standard InChI is InChI=1S/C20H15F3N7/c21-20(22,23)14-7-3-1-5-12(14)18-25-17(19(29-28-18)30-10-24-11-30)9-16-13-6-2-4-8-15(13)26-27-16/h1-8,10-11,19,29H,9H2,(H,26,27)/q+1. The van der Waals surface area contributed by atoms with Gasteiger partial charge < -0.3 is 0 Å². The fourth-order valence-corrected chi connectivity index (χ4v) is 3.45. The van der Waals surface area contributed by atoms with E-state index in [1.54, 1.807) is 17.6 Å². The molecule has 0 bridgehead atoms. The number of rotatable bonds is 4. The summed E-state index contributed by atoms with van der Waals surface area (Å²) in [4.78, 5) is 6.28. The molecule has 0 saturated carbocycles. The topological polar surface area (TPSA) is 82.8 Å². The summed E-state index contributed by atoms with van der Waals surface area (Å²) >= 11 is 0. The molecule has 1 atom stereocenters. The van der Waals surface area contributed by atoms with Crippen LogP contribution in [0, 0.1) is 0 Å². The Kier molecular flexibility index (Phi) is 4.14. The number of aromatic amines is 1. The summed E-state index contributed by atoms with van der Waals surface area (Å²) in [6, 6.07) is 12.9. The van der Waals surface area contributed by atoms with Crippen LogP contribution in [0.2, 0.25) is 0 Å². The van der Waals surface area contributed by atoms with Crippen molar-refractivity contribution in [3.8, 4) is 0 Å². The van der Waals surface area contributed by atoms with E-state index in [0.29, 0.717) is 12.1 Å². The number of halogens is 3. The molecule has 2 aliphatic rings. The molecule has 5 rings (SSSR count). The molecule has 3 heterocycles. The van der Waals surface area contributed by atoms with Gasteiger partial charge in [-0.05, 0) is 12.1 Å². The predicted molar refractivity (Wildman–Crippen MR) is 108 cm³/mol. The third kappa shape index (κ3) is 3.13. The van der Waals surface area contributed by atoms with Crippen molar-refractivity contribution >= 4 is 35.1 Å². The summed E-state index contributed by atoms with van der Waals surface area (Å²) in [5.74, 6) is -0.0181. The highest BCUT2D eigenvalue weighted by atomic mass is 19.4. The Bertz CT molecular complexity index is 1240. The Labute approximate surface area is 168 Å². The molecular weight excluding hydrogens is 395 g/mol. The predicted octanol–water partition coefficient (Wildman–Crippen LogP) is 2.30. The van der Waals surface area contributed by atoms with Crippen LogP contribution >= 0.6 is 0 Å². The Balaban J connectivity index is 1.55. The lowest BCUT2D eigenvalue weighted by Gasteiger charge is -2.27. The first-order valence-corrected chi connectivity index (χ1v) is 9.14. The molecule has 0 spiro atoms. The molecule has 1 aromatic heterocycles. The van der Waals surface area contributed by atoms with Crippen LogP contribution in [0.4, 0.5) is 13.2 Å². The lowest BCUT2D eigenvalue weighted by Crippen LogP contribution is -2.54. The van der Waals surface area contributed by atoms with Gasteiger partial charge in [-0.3, -0.25) is 10.5 Å². The van der Waals surface area contributed by atoms with Crippen molar-refractivity contribution in [2.45, 2.75) is 18.8 Å². The van der Waals surface area contributed by atoms with E-state index in [1.807, 2.05) is 24.3 Å². The average Bonchev–Trinajstić information content (AvgIpc) is 3.10. The third-order valence-corrected chi connectivity index (χ3v) is 4.93. The lowest BCUT2D eigenvalue weighted by atomic mass is 10.0. The van der Waals surface area contributed by atoms with Gasteiger partial charge in [-0.15, -0.1) is 0 Å². The molecule has 3 aromatic rings. The van der Waals surface area contributed by atoms with Crippen LogP contribution in [0.1, 0.15) is 16.8 Å². The van der Waals surface area contributed by atoms with Crippen LogP contribution in [0.15, 0.2) is 58.6 Å². The van der Waals surface area contributed by atoms with Crippen molar-refractivity contribution < 1.29 is 13.2 Å². The number of nitrogens with one attached hydrogen (secondary N) is 2. The summed E-state index contributed by atoms with van der Waals surface area (Å²) in [7, 11) is 0. The van der Waals surface area contributed by atoms with Gasteiger partial charge in [0, 0.05) is 23.1 Å². The van der Waals surface area contributed by atoms with Crippen molar-refractivity contribution in [2.24, 2.45) is 10.1 Å². The number of hydrazone groups is 1. The minimum atomic E-state index is -4.51. The Morgan fingerprint density at radius 2 is 1.80 bits per heavy atom. The van der Waals surface area contributed by atoms with Gasteiger partial charge >= 0.3 is 6.18 Å². The number of nitrogens with zero attached hydrogens (tertiary/aromatic N) is 5. The smallest absolute Gasteiger partial charge is 0.281 e. The number of aliphatic imine (C=N–C) groups is 1. The van der Waals surface area contributed by atoms with E-state index in [4.69, 9.17) is 0 Å². The van der Waals surface area contributed by atoms with E-state index < -0.39 is 17.9 Å². The molecule has 7 nitrogen and oxygen atoms in total. The van der Waals surface area contributed by atoms with Crippen LogP contribution in [0.25, 0.3) is 10.9 Å². The highest BCUT2D eigenvalue weighted by Gasteiger charge is 2.37. The van der Waals surface area contributed by atoms with Crippen molar-refractivity contribution in [2.75, 3.05) is 0 Å². The van der Waals surface area contributed by atoms with Crippen LogP contribution in [0.5, 0.6) is 0 Å². The molecule has 1 unspecified atom stereocenters. The second-order valence-electron chi connectivity index (χ2n) is 6.84. The number of hydrogen-bond acceptors (Lipinski definition) is 5. The number of hydrogen-bond donors (Lipinski definition) is 2. The van der Waals surface area contributed by atoms with E-state index in [2.05, 4.69) is 30.4 Å². The van der Waals surface area contributed by atoms with E-state index in [1.165, 1.54) is 18.2 Å². The average molecular weight is 410 g/mol. The molecule has 0 saturated heterocycles. The molecule has 0 fully saturated rings. The third-order valence-electron chi connectivity index (χ3n) is 4.93. The first kappa shape index (κ1) is 18.1. The maximum atomic E-state index is 13.5. The van der Waals surface area contributed by atoms with Gasteiger partial charge in [0.25, 0.3) is 12.7 Å². The minimum Gasteiger partial charge on any atom is -0.281 e. The fourth-order valence-electron chi connectivity index (χ4n) is 3.45. The number of benzene rings is 2. The summed E-state index contributed by atoms with van der Waals surface area (Å²) in [6.45, 7) is 0. The molecule has 2 aromatic carbocycles.